The molecule has 48 heavy (non-hydrogen) atoms. The zero-order chi connectivity index (χ0) is 33.3. The van der Waals surface area contributed by atoms with Crippen molar-refractivity contribution in [2.24, 2.45) is 11.8 Å². The number of amides is 3. The number of nitrogens with one attached hydrogen (secondary N) is 3. The zero-order valence-corrected chi connectivity index (χ0v) is 29.7. The number of carbonyl (C=O) groups excluding carboxylic acids is 3. The molecule has 6 rings (SSSR count). The lowest BCUT2D eigenvalue weighted by atomic mass is 9.93. The van der Waals surface area contributed by atoms with E-state index in [0.29, 0.717) is 37.5 Å². The van der Waals surface area contributed by atoms with Crippen LogP contribution in [-0.2, 0) is 20.7 Å². The fraction of sp³-hybridized carbons (Fsp3) is 0.500. The van der Waals surface area contributed by atoms with Gasteiger partial charge in [-0.2, -0.15) is 0 Å². The van der Waals surface area contributed by atoms with E-state index in [1.807, 2.05) is 54.6 Å². The van der Waals surface area contributed by atoms with Crippen LogP contribution in [0.25, 0.3) is 10.8 Å². The van der Waals surface area contributed by atoms with Gasteiger partial charge < -0.3 is 30.3 Å². The van der Waals surface area contributed by atoms with Crippen molar-refractivity contribution in [1.82, 2.24) is 20.9 Å². The Kier molecular flexibility index (Phi) is 11.9. The Labute approximate surface area is 297 Å². The molecule has 1 atom stereocenters. The molecule has 0 radical (unpaired) electrons. The van der Waals surface area contributed by atoms with E-state index >= 15 is 0 Å². The fourth-order valence-electron chi connectivity index (χ4n) is 7.36. The molecule has 3 amide bonds. The zero-order valence-electron chi connectivity index (χ0n) is 27.6. The fourth-order valence-corrected chi connectivity index (χ4v) is 7.88. The largest absolute Gasteiger partial charge is 0.413 e. The van der Waals surface area contributed by atoms with Gasteiger partial charge in [0.1, 0.15) is 17.3 Å². The highest BCUT2D eigenvalue weighted by atomic mass is 127. The van der Waals surface area contributed by atoms with Gasteiger partial charge in [-0.1, -0.05) is 55.3 Å². The summed E-state index contributed by atoms with van der Waals surface area (Å²) in [6.07, 6.45) is 6.62. The highest BCUT2D eigenvalue weighted by Crippen LogP contribution is 2.31. The van der Waals surface area contributed by atoms with Gasteiger partial charge in [-0.3, -0.25) is 9.59 Å². The van der Waals surface area contributed by atoms with Gasteiger partial charge in [-0.05, 0) is 127 Å². The molecule has 0 unspecified atom stereocenters. The average molecular weight is 767 g/mol. The van der Waals surface area contributed by atoms with Crippen molar-refractivity contribution < 1.29 is 23.9 Å². The van der Waals surface area contributed by atoms with Crippen LogP contribution in [0.2, 0.25) is 0 Å². The van der Waals surface area contributed by atoms with Crippen molar-refractivity contribution in [1.29, 1.82) is 0 Å². The van der Waals surface area contributed by atoms with Gasteiger partial charge >= 0.3 is 6.09 Å². The van der Waals surface area contributed by atoms with Crippen molar-refractivity contribution in [2.75, 3.05) is 39.4 Å². The third-order valence-electron chi connectivity index (χ3n) is 10.3. The minimum Gasteiger partial charge on any atom is -0.410 e. The van der Waals surface area contributed by atoms with Crippen LogP contribution in [0.5, 0.6) is 5.75 Å². The Hall–Kier alpha value is -3.22. The Bertz CT molecular complexity index is 1550. The average Bonchev–Trinajstić information content (AvgIpc) is 3.58. The molecule has 3 aromatic rings. The second kappa shape index (κ2) is 16.5. The van der Waals surface area contributed by atoms with Crippen molar-refractivity contribution in [3.63, 3.8) is 0 Å². The predicted octanol–water partition coefficient (Wildman–Crippen LogP) is 5.83. The first kappa shape index (κ1) is 34.6. The number of fused-ring (bicyclic) bond motifs is 1. The number of nitrogens with zero attached hydrogens (tertiary/aromatic N) is 1. The summed E-state index contributed by atoms with van der Waals surface area (Å²) in [5, 5.41) is 11.1. The lowest BCUT2D eigenvalue weighted by molar-refractivity contribution is -0.132. The maximum absolute atomic E-state index is 14.0. The topological polar surface area (TPSA) is 109 Å². The molecular weight excluding hydrogens is 719 g/mol. The van der Waals surface area contributed by atoms with Crippen LogP contribution < -0.4 is 20.7 Å². The van der Waals surface area contributed by atoms with Crippen molar-refractivity contribution in [3.8, 4) is 5.75 Å². The number of ether oxygens (including phenoxy) is 2. The summed E-state index contributed by atoms with van der Waals surface area (Å²) in [4.78, 5) is 43.5. The molecule has 0 aromatic heterocycles. The third-order valence-corrected chi connectivity index (χ3v) is 10.9. The van der Waals surface area contributed by atoms with Gasteiger partial charge in [-0.25, -0.2) is 4.79 Å². The molecule has 3 N–H and O–H groups in total. The Morgan fingerprint density at radius 3 is 2.35 bits per heavy atom. The van der Waals surface area contributed by atoms with E-state index in [4.69, 9.17) is 9.47 Å². The molecule has 2 saturated heterocycles. The van der Waals surface area contributed by atoms with Gasteiger partial charge in [0.05, 0.1) is 0 Å². The van der Waals surface area contributed by atoms with Crippen LogP contribution in [0.4, 0.5) is 4.79 Å². The van der Waals surface area contributed by atoms with Crippen LogP contribution >= 0.6 is 22.6 Å². The SMILES string of the molecule is O=C(NC1(C(=O)N[C@H](Cc2ccccc2)C(=O)NCC2CCN(CC3CCOCC3)CC2)CCCC1)Oc1ccc2cc(I)ccc2c1. The van der Waals surface area contributed by atoms with Crippen LogP contribution in [0.3, 0.4) is 0 Å². The quantitative estimate of drug-likeness (QED) is 0.212. The standard InChI is InChI=1S/C38H47IN4O5/c39-32-10-8-31-24-33(11-9-30(31)23-32)48-37(46)42-38(16-4-5-17-38)36(45)41-34(22-27-6-2-1-3-7-27)35(44)40-25-28-12-18-43(19-13-28)26-29-14-20-47-21-15-29/h1-3,6-11,23-24,28-29,34H,4-5,12-22,25-26H2,(H,40,44)(H,41,45)(H,42,46)/t34-/m1/s1. The van der Waals surface area contributed by atoms with Gasteiger partial charge in [0.25, 0.3) is 0 Å². The Morgan fingerprint density at radius 2 is 1.60 bits per heavy atom. The second-order valence-corrected chi connectivity index (χ2v) is 15.0. The summed E-state index contributed by atoms with van der Waals surface area (Å²) in [5.41, 5.74) is -0.186. The van der Waals surface area contributed by atoms with E-state index in [1.165, 1.54) is 0 Å². The molecule has 3 aliphatic rings. The summed E-state index contributed by atoms with van der Waals surface area (Å²) < 4.78 is 12.3. The summed E-state index contributed by atoms with van der Waals surface area (Å²) in [6.45, 7) is 5.57. The van der Waals surface area contributed by atoms with Gasteiger partial charge in [-0.15, -0.1) is 0 Å². The molecule has 10 heteroatoms. The molecule has 1 saturated carbocycles. The number of likely N-dealkylation sites (tertiary alicyclic amines) is 1. The van der Waals surface area contributed by atoms with Crippen molar-refractivity contribution >= 4 is 51.3 Å². The van der Waals surface area contributed by atoms with Gasteiger partial charge in [0.15, 0.2) is 0 Å². The number of piperidine rings is 1. The Balaban J connectivity index is 1.06. The summed E-state index contributed by atoms with van der Waals surface area (Å²) in [5.74, 6) is 0.996. The molecule has 2 aliphatic heterocycles. The number of benzene rings is 3. The highest BCUT2D eigenvalue weighted by Gasteiger charge is 2.44. The van der Waals surface area contributed by atoms with Crippen LogP contribution in [0, 0.1) is 15.4 Å². The van der Waals surface area contributed by atoms with E-state index in [1.54, 1.807) is 6.07 Å². The number of halogens is 1. The first-order valence-electron chi connectivity index (χ1n) is 17.5. The van der Waals surface area contributed by atoms with Crippen LogP contribution in [-0.4, -0.2) is 73.8 Å². The molecule has 0 spiro atoms. The lowest BCUT2D eigenvalue weighted by Crippen LogP contribution is -2.61. The highest BCUT2D eigenvalue weighted by molar-refractivity contribution is 14.1. The van der Waals surface area contributed by atoms with Crippen LogP contribution in [0.15, 0.2) is 66.7 Å². The summed E-state index contributed by atoms with van der Waals surface area (Å²) >= 11 is 2.27. The monoisotopic (exact) mass is 766 g/mol. The smallest absolute Gasteiger partial charge is 0.410 e. The van der Waals surface area contributed by atoms with Crippen molar-refractivity contribution in [2.45, 2.75) is 69.4 Å². The van der Waals surface area contributed by atoms with E-state index in [-0.39, 0.29) is 11.8 Å². The number of hydrogen-bond acceptors (Lipinski definition) is 6. The molecule has 9 nitrogen and oxygen atoms in total. The normalized spacial score (nSPS) is 19.4. The number of carbonyl (C=O) groups is 3. The number of rotatable bonds is 11. The van der Waals surface area contributed by atoms with Gasteiger partial charge in [0.2, 0.25) is 11.8 Å². The molecule has 3 aromatic carbocycles. The summed E-state index contributed by atoms with van der Waals surface area (Å²) in [6, 6.07) is 20.5. The predicted molar refractivity (Wildman–Crippen MR) is 195 cm³/mol. The Morgan fingerprint density at radius 1 is 0.896 bits per heavy atom. The molecule has 2 heterocycles. The minimum atomic E-state index is -1.14. The third kappa shape index (κ3) is 9.26. The molecule has 0 bridgehead atoms. The van der Waals surface area contributed by atoms with E-state index < -0.39 is 17.7 Å². The molecule has 256 valence electrons. The minimum absolute atomic E-state index is 0.196. The van der Waals surface area contributed by atoms with E-state index in [0.717, 1.165) is 97.2 Å². The molecule has 1 aliphatic carbocycles. The van der Waals surface area contributed by atoms with E-state index in [9.17, 15) is 14.4 Å². The van der Waals surface area contributed by atoms with Crippen LogP contribution in [0.1, 0.15) is 56.9 Å². The summed E-state index contributed by atoms with van der Waals surface area (Å²) in [7, 11) is 0. The first-order valence-corrected chi connectivity index (χ1v) is 18.6. The second-order valence-electron chi connectivity index (χ2n) is 13.7. The lowest BCUT2D eigenvalue weighted by Gasteiger charge is -2.35. The van der Waals surface area contributed by atoms with Crippen molar-refractivity contribution in [3.05, 3.63) is 75.9 Å². The van der Waals surface area contributed by atoms with Gasteiger partial charge in [0, 0.05) is 36.3 Å². The maximum Gasteiger partial charge on any atom is 0.413 e. The number of hydrogen-bond donors (Lipinski definition) is 3. The molecular formula is C38H47IN4O5. The molecule has 3 fully saturated rings. The maximum atomic E-state index is 14.0. The first-order chi connectivity index (χ1) is 23.3. The van der Waals surface area contributed by atoms with E-state index in [2.05, 4.69) is 49.5 Å².